The number of halogens is 2. The third-order valence-corrected chi connectivity index (χ3v) is 5.90. The van der Waals surface area contributed by atoms with Crippen LogP contribution in [0, 0.1) is 0 Å². The number of nitrogens with zero attached hydrogens (tertiary/aromatic N) is 1. The zero-order chi connectivity index (χ0) is 16.2. The van der Waals surface area contributed by atoms with Gasteiger partial charge >= 0.3 is 0 Å². The van der Waals surface area contributed by atoms with E-state index in [-0.39, 0.29) is 16.0 Å². The molecule has 0 unspecified atom stereocenters. The molecule has 0 radical (unpaired) electrons. The van der Waals surface area contributed by atoms with Gasteiger partial charge in [-0.25, -0.2) is 13.1 Å². The number of piperidine rings is 1. The van der Waals surface area contributed by atoms with Crippen LogP contribution in [0.3, 0.4) is 0 Å². The third-order valence-electron chi connectivity index (χ3n) is 3.70. The molecular weight excluding hydrogens is 347 g/mol. The summed E-state index contributed by atoms with van der Waals surface area (Å²) >= 11 is 11.6. The second-order valence-electron chi connectivity index (χ2n) is 5.40. The Morgan fingerprint density at radius 1 is 1.23 bits per heavy atom. The third kappa shape index (κ3) is 5.08. The highest BCUT2D eigenvalue weighted by Gasteiger charge is 2.17. The van der Waals surface area contributed by atoms with Crippen LogP contribution in [0.15, 0.2) is 23.1 Å². The molecule has 1 saturated heterocycles. The Kier molecular flexibility index (Phi) is 6.49. The Hall–Kier alpha value is -0.370. The molecule has 2 rings (SSSR count). The summed E-state index contributed by atoms with van der Waals surface area (Å²) in [6.07, 6.45) is 2.10. The van der Waals surface area contributed by atoms with Crippen LogP contribution >= 0.6 is 23.2 Å². The molecule has 124 valence electrons. The molecule has 0 atom stereocenters. The first-order valence-corrected chi connectivity index (χ1v) is 9.47. The Balaban J connectivity index is 1.79. The highest BCUT2D eigenvalue weighted by molar-refractivity contribution is 7.89. The van der Waals surface area contributed by atoms with E-state index in [0.29, 0.717) is 11.6 Å². The van der Waals surface area contributed by atoms with E-state index in [1.807, 2.05) is 0 Å². The van der Waals surface area contributed by atoms with Crippen molar-refractivity contribution in [1.29, 1.82) is 0 Å². The zero-order valence-electron chi connectivity index (χ0n) is 12.1. The number of benzene rings is 1. The molecule has 22 heavy (non-hydrogen) atoms. The molecule has 0 saturated carbocycles. The molecule has 1 aromatic rings. The van der Waals surface area contributed by atoms with Gasteiger partial charge in [-0.2, -0.15) is 0 Å². The van der Waals surface area contributed by atoms with Gasteiger partial charge in [0.05, 0.1) is 21.0 Å². The predicted octanol–water partition coefficient (Wildman–Crippen LogP) is 2.12. The maximum atomic E-state index is 12.1. The molecule has 1 aromatic carbocycles. The summed E-state index contributed by atoms with van der Waals surface area (Å²) in [4.78, 5) is 2.35. The van der Waals surface area contributed by atoms with Gasteiger partial charge in [-0.05, 0) is 44.0 Å². The lowest BCUT2D eigenvalue weighted by molar-refractivity contribution is 0.0823. The van der Waals surface area contributed by atoms with Crippen molar-refractivity contribution >= 4 is 33.2 Å². The number of aliphatic hydroxyl groups excluding tert-OH is 1. The topological polar surface area (TPSA) is 69.6 Å². The van der Waals surface area contributed by atoms with Crippen molar-refractivity contribution in [1.82, 2.24) is 9.62 Å². The molecule has 0 spiro atoms. The Morgan fingerprint density at radius 3 is 2.55 bits per heavy atom. The van der Waals surface area contributed by atoms with E-state index in [4.69, 9.17) is 23.2 Å². The molecule has 1 heterocycles. The smallest absolute Gasteiger partial charge is 0.240 e. The van der Waals surface area contributed by atoms with Crippen LogP contribution in [0.1, 0.15) is 19.3 Å². The largest absolute Gasteiger partial charge is 0.393 e. The van der Waals surface area contributed by atoms with Gasteiger partial charge < -0.3 is 10.0 Å². The second kappa shape index (κ2) is 7.95. The highest BCUT2D eigenvalue weighted by Crippen LogP contribution is 2.24. The second-order valence-corrected chi connectivity index (χ2v) is 7.98. The SMILES string of the molecule is O=S(=O)(NCCCN1CCC(O)CC1)c1ccc(Cl)c(Cl)c1. The number of likely N-dealkylation sites (tertiary alicyclic amines) is 1. The van der Waals surface area contributed by atoms with Gasteiger partial charge in [0.15, 0.2) is 0 Å². The Morgan fingerprint density at radius 2 is 1.91 bits per heavy atom. The number of nitrogens with one attached hydrogen (secondary N) is 1. The van der Waals surface area contributed by atoms with Gasteiger partial charge in [0.25, 0.3) is 0 Å². The van der Waals surface area contributed by atoms with Crippen LogP contribution in [-0.4, -0.2) is 50.7 Å². The molecule has 2 N–H and O–H groups in total. The summed E-state index contributed by atoms with van der Waals surface area (Å²) in [7, 11) is -3.56. The summed E-state index contributed by atoms with van der Waals surface area (Å²) in [5, 5.41) is 9.98. The van der Waals surface area contributed by atoms with Gasteiger partial charge in [-0.1, -0.05) is 23.2 Å². The normalized spacial score (nSPS) is 17.8. The van der Waals surface area contributed by atoms with Gasteiger partial charge in [-0.15, -0.1) is 0 Å². The minimum Gasteiger partial charge on any atom is -0.393 e. The lowest BCUT2D eigenvalue weighted by Crippen LogP contribution is -2.37. The van der Waals surface area contributed by atoms with Gasteiger partial charge in [0, 0.05) is 19.6 Å². The van der Waals surface area contributed by atoms with Crippen LogP contribution in [0.4, 0.5) is 0 Å². The predicted molar refractivity (Wildman–Crippen MR) is 87.9 cm³/mol. The van der Waals surface area contributed by atoms with Crippen molar-refractivity contribution < 1.29 is 13.5 Å². The number of hydrogen-bond donors (Lipinski definition) is 2. The molecule has 1 aliphatic rings. The van der Waals surface area contributed by atoms with Crippen molar-refractivity contribution in [3.8, 4) is 0 Å². The Bertz CT molecular complexity index is 602. The highest BCUT2D eigenvalue weighted by atomic mass is 35.5. The van der Waals surface area contributed by atoms with Crippen molar-refractivity contribution in [2.45, 2.75) is 30.3 Å². The summed E-state index contributed by atoms with van der Waals surface area (Å²) < 4.78 is 26.8. The fraction of sp³-hybridized carbons (Fsp3) is 0.571. The van der Waals surface area contributed by atoms with E-state index in [1.165, 1.54) is 18.2 Å². The van der Waals surface area contributed by atoms with Crippen molar-refractivity contribution in [3.05, 3.63) is 28.2 Å². The van der Waals surface area contributed by atoms with Crippen molar-refractivity contribution in [2.75, 3.05) is 26.2 Å². The van der Waals surface area contributed by atoms with Crippen LogP contribution < -0.4 is 4.72 Å². The van der Waals surface area contributed by atoms with E-state index >= 15 is 0 Å². The summed E-state index contributed by atoms with van der Waals surface area (Å²) in [6, 6.07) is 4.25. The van der Waals surface area contributed by atoms with Gasteiger partial charge in [-0.3, -0.25) is 0 Å². The molecule has 1 fully saturated rings. The first-order valence-electron chi connectivity index (χ1n) is 7.23. The number of sulfonamides is 1. The van der Waals surface area contributed by atoms with Crippen LogP contribution in [0.5, 0.6) is 0 Å². The monoisotopic (exact) mass is 366 g/mol. The maximum Gasteiger partial charge on any atom is 0.240 e. The van der Waals surface area contributed by atoms with E-state index in [2.05, 4.69) is 9.62 Å². The number of hydrogen-bond acceptors (Lipinski definition) is 4. The van der Waals surface area contributed by atoms with Crippen molar-refractivity contribution in [3.63, 3.8) is 0 Å². The molecule has 1 aliphatic heterocycles. The first kappa shape index (κ1) is 18.0. The molecule has 0 aliphatic carbocycles. The minimum atomic E-state index is -3.56. The summed E-state index contributed by atoms with van der Waals surface area (Å²) in [5.41, 5.74) is 0. The lowest BCUT2D eigenvalue weighted by atomic mass is 10.1. The fourth-order valence-corrected chi connectivity index (χ4v) is 3.84. The van der Waals surface area contributed by atoms with Crippen LogP contribution in [-0.2, 0) is 10.0 Å². The maximum absolute atomic E-state index is 12.1. The molecule has 0 aromatic heterocycles. The fourth-order valence-electron chi connectivity index (χ4n) is 2.38. The summed E-state index contributed by atoms with van der Waals surface area (Å²) in [5.74, 6) is 0. The lowest BCUT2D eigenvalue weighted by Gasteiger charge is -2.29. The molecular formula is C14H20Cl2N2O3S. The standard InChI is InChI=1S/C14H20Cl2N2O3S/c15-13-3-2-12(10-14(13)16)22(20,21)17-6-1-7-18-8-4-11(19)5-9-18/h2-3,10-11,17,19H,1,4-9H2. The van der Waals surface area contributed by atoms with E-state index < -0.39 is 10.0 Å². The number of rotatable bonds is 6. The first-order chi connectivity index (χ1) is 10.4. The van der Waals surface area contributed by atoms with E-state index in [9.17, 15) is 13.5 Å². The number of aliphatic hydroxyl groups is 1. The van der Waals surface area contributed by atoms with E-state index in [0.717, 1.165) is 38.9 Å². The Labute approximate surface area is 141 Å². The molecule has 5 nitrogen and oxygen atoms in total. The van der Waals surface area contributed by atoms with Gasteiger partial charge in [0.2, 0.25) is 10.0 Å². The minimum absolute atomic E-state index is 0.114. The average Bonchev–Trinajstić information content (AvgIpc) is 2.48. The summed E-state index contributed by atoms with van der Waals surface area (Å²) in [6.45, 7) is 2.90. The van der Waals surface area contributed by atoms with E-state index in [1.54, 1.807) is 0 Å². The molecule has 8 heteroatoms. The van der Waals surface area contributed by atoms with Crippen molar-refractivity contribution in [2.24, 2.45) is 0 Å². The van der Waals surface area contributed by atoms with Crippen LogP contribution in [0.2, 0.25) is 10.0 Å². The average molecular weight is 367 g/mol. The quantitative estimate of drug-likeness (QED) is 0.756. The zero-order valence-corrected chi connectivity index (χ0v) is 14.5. The molecule has 0 amide bonds. The van der Waals surface area contributed by atoms with Gasteiger partial charge in [0.1, 0.15) is 0 Å². The molecule has 0 bridgehead atoms. The van der Waals surface area contributed by atoms with Crippen LogP contribution in [0.25, 0.3) is 0 Å².